The molecule has 108 valence electrons. The number of benzene rings is 1. The molecule has 0 amide bonds. The second kappa shape index (κ2) is 7.45. The maximum absolute atomic E-state index is 13.6. The number of hydrogen-bond acceptors (Lipinski definition) is 3. The van der Waals surface area contributed by atoms with Crippen molar-refractivity contribution in [3.63, 3.8) is 0 Å². The average molecular weight is 293 g/mol. The molecule has 0 saturated carbocycles. The lowest BCUT2D eigenvalue weighted by atomic mass is 10.2. The molecule has 1 N–H and O–H groups in total. The monoisotopic (exact) mass is 293 g/mol. The van der Waals surface area contributed by atoms with Crippen molar-refractivity contribution in [1.29, 1.82) is 0 Å². The van der Waals surface area contributed by atoms with E-state index < -0.39 is 0 Å². The van der Waals surface area contributed by atoms with Crippen LogP contribution < -0.4 is 5.32 Å². The summed E-state index contributed by atoms with van der Waals surface area (Å²) in [5.74, 6) is 0.602. The van der Waals surface area contributed by atoms with Crippen LogP contribution in [0.2, 0.25) is 0 Å². The molecule has 5 heteroatoms. The van der Waals surface area contributed by atoms with Gasteiger partial charge in [0.15, 0.2) is 0 Å². The van der Waals surface area contributed by atoms with Gasteiger partial charge in [-0.15, -0.1) is 11.8 Å². The largest absolute Gasteiger partial charge is 0.308 e. The van der Waals surface area contributed by atoms with Gasteiger partial charge in [0.1, 0.15) is 5.82 Å². The first-order chi connectivity index (χ1) is 9.70. The van der Waals surface area contributed by atoms with Crippen molar-refractivity contribution < 1.29 is 4.39 Å². The Morgan fingerprint density at radius 1 is 1.35 bits per heavy atom. The van der Waals surface area contributed by atoms with Gasteiger partial charge < -0.3 is 5.32 Å². The topological polar surface area (TPSA) is 29.9 Å². The Labute approximate surface area is 123 Å². The molecule has 0 bridgehead atoms. The number of thioether (sulfide) groups is 1. The maximum Gasteiger partial charge on any atom is 0.136 e. The summed E-state index contributed by atoms with van der Waals surface area (Å²) in [5, 5.41) is 7.92. The van der Waals surface area contributed by atoms with Gasteiger partial charge in [-0.2, -0.15) is 5.10 Å². The van der Waals surface area contributed by atoms with Crippen molar-refractivity contribution in [3.8, 4) is 0 Å². The van der Waals surface area contributed by atoms with Crippen LogP contribution in [0.3, 0.4) is 0 Å². The molecule has 1 aromatic carbocycles. The van der Waals surface area contributed by atoms with Crippen LogP contribution >= 0.6 is 11.8 Å². The molecule has 0 aliphatic heterocycles. The van der Waals surface area contributed by atoms with Gasteiger partial charge in [0.05, 0.1) is 11.7 Å². The van der Waals surface area contributed by atoms with Gasteiger partial charge in [0, 0.05) is 23.9 Å². The summed E-state index contributed by atoms with van der Waals surface area (Å²) >= 11 is 1.52. The van der Waals surface area contributed by atoms with Crippen LogP contribution in [0.15, 0.2) is 41.4 Å². The van der Waals surface area contributed by atoms with E-state index in [4.69, 9.17) is 0 Å². The number of nitrogens with one attached hydrogen (secondary N) is 1. The third-order valence-electron chi connectivity index (χ3n) is 2.97. The number of aryl methyl sites for hydroxylation is 1. The number of rotatable bonds is 7. The molecule has 2 aromatic rings. The lowest BCUT2D eigenvalue weighted by molar-refractivity contribution is 0.554. The fourth-order valence-electron chi connectivity index (χ4n) is 1.92. The molecule has 0 fully saturated rings. The summed E-state index contributed by atoms with van der Waals surface area (Å²) < 4.78 is 15.4. The van der Waals surface area contributed by atoms with Crippen LogP contribution in [0.25, 0.3) is 0 Å². The van der Waals surface area contributed by atoms with Gasteiger partial charge in [0.2, 0.25) is 0 Å². The van der Waals surface area contributed by atoms with E-state index in [2.05, 4.69) is 17.3 Å². The highest BCUT2D eigenvalue weighted by atomic mass is 32.2. The summed E-state index contributed by atoms with van der Waals surface area (Å²) in [6.45, 7) is 3.06. The minimum Gasteiger partial charge on any atom is -0.308 e. The number of halogens is 1. The van der Waals surface area contributed by atoms with Crippen LogP contribution in [0, 0.1) is 5.82 Å². The van der Waals surface area contributed by atoms with Crippen LogP contribution in [0.4, 0.5) is 4.39 Å². The quantitative estimate of drug-likeness (QED) is 0.794. The van der Waals surface area contributed by atoms with Crippen molar-refractivity contribution in [1.82, 2.24) is 15.1 Å². The lowest BCUT2D eigenvalue weighted by Crippen LogP contribution is -2.24. The van der Waals surface area contributed by atoms with Crippen molar-refractivity contribution >= 4 is 11.8 Å². The Kier molecular flexibility index (Phi) is 5.61. The fraction of sp³-hybridized carbons (Fsp3) is 0.400. The molecule has 1 aromatic heterocycles. The first-order valence-electron chi connectivity index (χ1n) is 6.81. The number of nitrogens with zero attached hydrogens (tertiary/aromatic N) is 2. The molecule has 1 heterocycles. The highest BCUT2D eigenvalue weighted by Gasteiger charge is 2.14. The van der Waals surface area contributed by atoms with Gasteiger partial charge in [-0.3, -0.25) is 4.68 Å². The van der Waals surface area contributed by atoms with Crippen molar-refractivity contribution in [2.24, 2.45) is 7.05 Å². The second-order valence-corrected chi connectivity index (χ2v) is 5.72. The SMILES string of the molecule is CCCNC(CSc1ccccc1F)c1ccn(C)n1. The molecule has 2 rings (SSSR count). The minimum atomic E-state index is -0.159. The van der Waals surface area contributed by atoms with E-state index in [1.807, 2.05) is 31.4 Å². The molecule has 0 spiro atoms. The van der Waals surface area contributed by atoms with Gasteiger partial charge in [-0.25, -0.2) is 4.39 Å². The van der Waals surface area contributed by atoms with E-state index in [9.17, 15) is 4.39 Å². The van der Waals surface area contributed by atoms with Gasteiger partial charge in [-0.05, 0) is 31.2 Å². The summed E-state index contributed by atoms with van der Waals surface area (Å²) in [7, 11) is 1.91. The Hall–Kier alpha value is -1.33. The third-order valence-corrected chi connectivity index (χ3v) is 4.12. The van der Waals surface area contributed by atoms with Crippen LogP contribution in [0.1, 0.15) is 25.1 Å². The molecule has 0 aliphatic rings. The zero-order valence-corrected chi connectivity index (χ0v) is 12.7. The Morgan fingerprint density at radius 3 is 2.80 bits per heavy atom. The zero-order chi connectivity index (χ0) is 14.4. The van der Waals surface area contributed by atoms with E-state index in [0.717, 1.165) is 24.4 Å². The average Bonchev–Trinajstić information content (AvgIpc) is 2.87. The predicted molar refractivity (Wildman–Crippen MR) is 81.4 cm³/mol. The molecule has 1 atom stereocenters. The van der Waals surface area contributed by atoms with Gasteiger partial charge >= 0.3 is 0 Å². The molecule has 20 heavy (non-hydrogen) atoms. The normalized spacial score (nSPS) is 12.6. The lowest BCUT2D eigenvalue weighted by Gasteiger charge is -2.16. The van der Waals surface area contributed by atoms with Crippen molar-refractivity contribution in [2.75, 3.05) is 12.3 Å². The molecule has 0 radical (unpaired) electrons. The number of hydrogen-bond donors (Lipinski definition) is 1. The Morgan fingerprint density at radius 2 is 2.15 bits per heavy atom. The fourth-order valence-corrected chi connectivity index (χ4v) is 2.94. The Balaban J connectivity index is 2.03. The molecule has 1 unspecified atom stereocenters. The van der Waals surface area contributed by atoms with Gasteiger partial charge in [0.25, 0.3) is 0 Å². The highest BCUT2D eigenvalue weighted by Crippen LogP contribution is 2.26. The Bertz CT molecular complexity index is 541. The number of aromatic nitrogens is 2. The van der Waals surface area contributed by atoms with Crippen LogP contribution in [-0.2, 0) is 7.05 Å². The molecular formula is C15H20FN3S. The van der Waals surface area contributed by atoms with Crippen LogP contribution in [-0.4, -0.2) is 22.1 Å². The standard InChI is InChI=1S/C15H20FN3S/c1-3-9-17-14(13-8-10-19(2)18-13)11-20-15-7-5-4-6-12(15)16/h4-8,10,14,17H,3,9,11H2,1-2H3. The van der Waals surface area contributed by atoms with E-state index in [1.54, 1.807) is 10.7 Å². The summed E-state index contributed by atoms with van der Waals surface area (Å²) in [4.78, 5) is 0.687. The van der Waals surface area contributed by atoms with Crippen molar-refractivity contribution in [3.05, 3.63) is 48.0 Å². The molecular weight excluding hydrogens is 273 g/mol. The smallest absolute Gasteiger partial charge is 0.136 e. The van der Waals surface area contributed by atoms with E-state index in [0.29, 0.717) is 4.90 Å². The molecule has 3 nitrogen and oxygen atoms in total. The molecule has 0 saturated heterocycles. The van der Waals surface area contributed by atoms with Gasteiger partial charge in [-0.1, -0.05) is 19.1 Å². The maximum atomic E-state index is 13.6. The predicted octanol–water partition coefficient (Wildman–Crippen LogP) is 3.39. The van der Waals surface area contributed by atoms with Crippen molar-refractivity contribution in [2.45, 2.75) is 24.3 Å². The second-order valence-electron chi connectivity index (χ2n) is 4.66. The minimum absolute atomic E-state index is 0.140. The van der Waals surface area contributed by atoms with Crippen LogP contribution in [0.5, 0.6) is 0 Å². The summed E-state index contributed by atoms with van der Waals surface area (Å²) in [5.41, 5.74) is 1.00. The molecule has 0 aliphatic carbocycles. The highest BCUT2D eigenvalue weighted by molar-refractivity contribution is 7.99. The summed E-state index contributed by atoms with van der Waals surface area (Å²) in [6.07, 6.45) is 3.00. The first-order valence-corrected chi connectivity index (χ1v) is 7.79. The zero-order valence-electron chi connectivity index (χ0n) is 11.8. The van der Waals surface area contributed by atoms with E-state index in [1.165, 1.54) is 17.8 Å². The summed E-state index contributed by atoms with van der Waals surface area (Å²) in [6, 6.07) is 9.04. The first kappa shape index (κ1) is 15.1. The van der Waals surface area contributed by atoms with E-state index >= 15 is 0 Å². The third kappa shape index (κ3) is 4.08. The van der Waals surface area contributed by atoms with E-state index in [-0.39, 0.29) is 11.9 Å².